The number of pyridine rings is 1. The first-order chi connectivity index (χ1) is 9.19. The zero-order valence-electron chi connectivity index (χ0n) is 11.1. The fourth-order valence-electron chi connectivity index (χ4n) is 2.72. The second-order valence-electron chi connectivity index (χ2n) is 5.25. The van der Waals surface area contributed by atoms with Crippen molar-refractivity contribution in [3.8, 4) is 0 Å². The Morgan fingerprint density at radius 1 is 1.37 bits per heavy atom. The van der Waals surface area contributed by atoms with E-state index in [9.17, 15) is 4.79 Å². The smallest absolute Gasteiger partial charge is 0.227 e. The summed E-state index contributed by atoms with van der Waals surface area (Å²) in [5, 5.41) is 2.92. The highest BCUT2D eigenvalue weighted by Crippen LogP contribution is 2.31. The van der Waals surface area contributed by atoms with Gasteiger partial charge in [-0.25, -0.2) is 4.98 Å². The van der Waals surface area contributed by atoms with Crippen LogP contribution in [-0.4, -0.2) is 17.4 Å². The standard InChI is InChI=1S/C14H22N4O/c15-7-5-10-1-3-11(4-2-10)14(19)18-12-6-8-17-13(16)9-12/h6,8-11H,1-5,7,15H2,(H3,16,17,18,19). The number of aromatic nitrogens is 1. The quantitative estimate of drug-likeness (QED) is 0.770. The van der Waals surface area contributed by atoms with Gasteiger partial charge in [0, 0.05) is 23.9 Å². The number of hydrogen-bond acceptors (Lipinski definition) is 4. The van der Waals surface area contributed by atoms with Crippen molar-refractivity contribution in [2.24, 2.45) is 17.6 Å². The van der Waals surface area contributed by atoms with Crippen LogP contribution in [0.25, 0.3) is 0 Å². The van der Waals surface area contributed by atoms with Gasteiger partial charge in [0.25, 0.3) is 0 Å². The molecule has 5 heteroatoms. The molecule has 0 aliphatic heterocycles. The summed E-state index contributed by atoms with van der Waals surface area (Å²) in [6.07, 6.45) is 6.80. The van der Waals surface area contributed by atoms with E-state index in [0.29, 0.717) is 11.7 Å². The predicted molar refractivity (Wildman–Crippen MR) is 76.4 cm³/mol. The van der Waals surface area contributed by atoms with E-state index >= 15 is 0 Å². The first-order valence-corrected chi connectivity index (χ1v) is 6.91. The van der Waals surface area contributed by atoms with Crippen molar-refractivity contribution in [1.29, 1.82) is 0 Å². The first-order valence-electron chi connectivity index (χ1n) is 6.91. The number of nitrogens with one attached hydrogen (secondary N) is 1. The Morgan fingerprint density at radius 2 is 2.11 bits per heavy atom. The molecule has 2 rings (SSSR count). The maximum Gasteiger partial charge on any atom is 0.227 e. The van der Waals surface area contributed by atoms with Crippen LogP contribution in [0.15, 0.2) is 18.3 Å². The van der Waals surface area contributed by atoms with Gasteiger partial charge in [0.15, 0.2) is 0 Å². The zero-order chi connectivity index (χ0) is 13.7. The maximum absolute atomic E-state index is 12.1. The molecule has 1 aromatic rings. The van der Waals surface area contributed by atoms with Crippen molar-refractivity contribution in [3.05, 3.63) is 18.3 Å². The second-order valence-corrected chi connectivity index (χ2v) is 5.25. The molecule has 19 heavy (non-hydrogen) atoms. The Bertz CT molecular complexity index is 427. The van der Waals surface area contributed by atoms with Crippen LogP contribution in [0.5, 0.6) is 0 Å². The van der Waals surface area contributed by atoms with Gasteiger partial charge < -0.3 is 16.8 Å². The molecule has 0 saturated heterocycles. The molecule has 1 fully saturated rings. The molecule has 1 saturated carbocycles. The molecule has 5 nitrogen and oxygen atoms in total. The summed E-state index contributed by atoms with van der Waals surface area (Å²) in [6, 6.07) is 3.44. The molecular formula is C14H22N4O. The SMILES string of the molecule is NCCC1CCC(C(=O)Nc2ccnc(N)c2)CC1. The van der Waals surface area contributed by atoms with Crippen molar-refractivity contribution >= 4 is 17.4 Å². The minimum absolute atomic E-state index is 0.0943. The van der Waals surface area contributed by atoms with Gasteiger partial charge in [-0.3, -0.25) is 4.79 Å². The van der Waals surface area contributed by atoms with E-state index in [1.54, 1.807) is 18.3 Å². The first kappa shape index (κ1) is 13.8. The molecule has 1 amide bonds. The van der Waals surface area contributed by atoms with Gasteiger partial charge in [-0.1, -0.05) is 0 Å². The van der Waals surface area contributed by atoms with Crippen LogP contribution >= 0.6 is 0 Å². The summed E-state index contributed by atoms with van der Waals surface area (Å²) in [6.45, 7) is 0.748. The van der Waals surface area contributed by atoms with Gasteiger partial charge in [-0.05, 0) is 50.6 Å². The van der Waals surface area contributed by atoms with Crippen LogP contribution < -0.4 is 16.8 Å². The van der Waals surface area contributed by atoms with Crippen LogP contribution in [0.3, 0.4) is 0 Å². The van der Waals surface area contributed by atoms with Gasteiger partial charge in [0.1, 0.15) is 5.82 Å². The zero-order valence-corrected chi connectivity index (χ0v) is 11.1. The minimum atomic E-state index is 0.0943. The van der Waals surface area contributed by atoms with E-state index in [-0.39, 0.29) is 11.8 Å². The monoisotopic (exact) mass is 262 g/mol. The molecule has 104 valence electrons. The van der Waals surface area contributed by atoms with Crippen LogP contribution in [0.2, 0.25) is 0 Å². The second kappa shape index (κ2) is 6.52. The fraction of sp³-hybridized carbons (Fsp3) is 0.571. The molecule has 1 aliphatic rings. The Kier molecular flexibility index (Phi) is 4.74. The Hall–Kier alpha value is -1.62. The van der Waals surface area contributed by atoms with Crippen LogP contribution in [0.1, 0.15) is 32.1 Å². The van der Waals surface area contributed by atoms with Crippen LogP contribution in [0.4, 0.5) is 11.5 Å². The van der Waals surface area contributed by atoms with E-state index in [2.05, 4.69) is 10.3 Å². The lowest BCUT2D eigenvalue weighted by Crippen LogP contribution is -2.27. The van der Waals surface area contributed by atoms with Crippen molar-refractivity contribution in [2.45, 2.75) is 32.1 Å². The molecular weight excluding hydrogens is 240 g/mol. The number of nitrogens with zero attached hydrogens (tertiary/aromatic N) is 1. The van der Waals surface area contributed by atoms with E-state index in [4.69, 9.17) is 11.5 Å². The number of hydrogen-bond donors (Lipinski definition) is 3. The number of carbonyl (C=O) groups is 1. The third-order valence-electron chi connectivity index (χ3n) is 3.84. The number of nitrogens with two attached hydrogens (primary N) is 2. The van der Waals surface area contributed by atoms with E-state index in [0.717, 1.165) is 44.3 Å². The van der Waals surface area contributed by atoms with Gasteiger partial charge in [0.2, 0.25) is 5.91 Å². The van der Waals surface area contributed by atoms with Crippen molar-refractivity contribution in [3.63, 3.8) is 0 Å². The minimum Gasteiger partial charge on any atom is -0.384 e. The normalized spacial score (nSPS) is 23.0. The molecule has 0 atom stereocenters. The lowest BCUT2D eigenvalue weighted by molar-refractivity contribution is -0.121. The predicted octanol–water partition coefficient (Wildman–Crippen LogP) is 1.76. The summed E-state index contributed by atoms with van der Waals surface area (Å²) in [5.41, 5.74) is 11.9. The summed E-state index contributed by atoms with van der Waals surface area (Å²) in [7, 11) is 0. The lowest BCUT2D eigenvalue weighted by atomic mass is 9.80. The third-order valence-corrected chi connectivity index (χ3v) is 3.84. The molecule has 0 spiro atoms. The molecule has 5 N–H and O–H groups in total. The van der Waals surface area contributed by atoms with Crippen molar-refractivity contribution in [2.75, 3.05) is 17.6 Å². The largest absolute Gasteiger partial charge is 0.384 e. The van der Waals surface area contributed by atoms with Crippen molar-refractivity contribution in [1.82, 2.24) is 4.98 Å². The van der Waals surface area contributed by atoms with Crippen LogP contribution in [0, 0.1) is 11.8 Å². The molecule has 0 bridgehead atoms. The summed E-state index contributed by atoms with van der Waals surface area (Å²) in [4.78, 5) is 16.1. The molecule has 1 heterocycles. The molecule has 0 unspecified atom stereocenters. The summed E-state index contributed by atoms with van der Waals surface area (Å²) >= 11 is 0. The number of carbonyl (C=O) groups excluding carboxylic acids is 1. The summed E-state index contributed by atoms with van der Waals surface area (Å²) in [5.74, 6) is 1.33. The molecule has 0 radical (unpaired) electrons. The highest BCUT2D eigenvalue weighted by molar-refractivity contribution is 5.92. The Balaban J connectivity index is 1.84. The Labute approximate surface area is 113 Å². The number of rotatable bonds is 4. The van der Waals surface area contributed by atoms with Gasteiger partial charge >= 0.3 is 0 Å². The van der Waals surface area contributed by atoms with Gasteiger partial charge in [-0.2, -0.15) is 0 Å². The molecule has 0 aromatic carbocycles. The van der Waals surface area contributed by atoms with E-state index in [1.165, 1.54) is 0 Å². The molecule has 1 aromatic heterocycles. The number of amides is 1. The lowest BCUT2D eigenvalue weighted by Gasteiger charge is -2.27. The topological polar surface area (TPSA) is 94.0 Å². The number of nitrogen functional groups attached to an aromatic ring is 1. The van der Waals surface area contributed by atoms with Gasteiger partial charge in [-0.15, -0.1) is 0 Å². The highest BCUT2D eigenvalue weighted by Gasteiger charge is 2.25. The fourth-order valence-corrected chi connectivity index (χ4v) is 2.72. The average molecular weight is 262 g/mol. The molecule has 1 aliphatic carbocycles. The van der Waals surface area contributed by atoms with Crippen LogP contribution in [-0.2, 0) is 4.79 Å². The summed E-state index contributed by atoms with van der Waals surface area (Å²) < 4.78 is 0. The third kappa shape index (κ3) is 3.92. The maximum atomic E-state index is 12.1. The highest BCUT2D eigenvalue weighted by atomic mass is 16.1. The van der Waals surface area contributed by atoms with E-state index < -0.39 is 0 Å². The number of anilines is 2. The van der Waals surface area contributed by atoms with E-state index in [1.807, 2.05) is 0 Å². The average Bonchev–Trinajstić information content (AvgIpc) is 2.40. The Morgan fingerprint density at radius 3 is 2.74 bits per heavy atom. The van der Waals surface area contributed by atoms with Gasteiger partial charge in [0.05, 0.1) is 0 Å². The van der Waals surface area contributed by atoms with Crippen molar-refractivity contribution < 1.29 is 4.79 Å².